The lowest BCUT2D eigenvalue weighted by Crippen LogP contribution is -2.47. The molecule has 1 saturated carbocycles. The van der Waals surface area contributed by atoms with Gasteiger partial charge in [0.1, 0.15) is 0 Å². The fourth-order valence-corrected chi connectivity index (χ4v) is 6.15. The monoisotopic (exact) mass is 370 g/mol. The second-order valence-corrected chi connectivity index (χ2v) is 9.79. The Labute approximate surface area is 154 Å². The van der Waals surface area contributed by atoms with Crippen LogP contribution >= 0.6 is 23.5 Å². The Hall–Kier alpha value is -0.360. The Morgan fingerprint density at radius 3 is 1.25 bits per heavy atom. The van der Waals surface area contributed by atoms with Gasteiger partial charge in [0, 0.05) is 23.9 Å². The van der Waals surface area contributed by atoms with Crippen LogP contribution in [0.2, 0.25) is 0 Å². The van der Waals surface area contributed by atoms with Crippen LogP contribution in [0, 0.1) is 11.8 Å². The van der Waals surface area contributed by atoms with Gasteiger partial charge in [-0.3, -0.25) is 9.59 Å². The van der Waals surface area contributed by atoms with Gasteiger partial charge in [0.25, 0.3) is 0 Å². The topological polar surface area (TPSA) is 58.2 Å². The molecule has 0 aromatic rings. The molecule has 1 aliphatic carbocycles. The Morgan fingerprint density at radius 2 is 0.917 bits per heavy atom. The molecular formula is C18H30N2O2S2. The molecule has 0 unspecified atom stereocenters. The summed E-state index contributed by atoms with van der Waals surface area (Å²) in [6, 6.07) is 0.623. The summed E-state index contributed by atoms with van der Waals surface area (Å²) in [5.74, 6) is 5.48. The average Bonchev–Trinajstić information content (AvgIpc) is 2.65. The fraction of sp³-hybridized carbons (Fsp3) is 0.889. The number of rotatable bonds is 4. The molecule has 6 heteroatoms. The lowest BCUT2D eigenvalue weighted by atomic mass is 9.89. The van der Waals surface area contributed by atoms with Gasteiger partial charge in [-0.1, -0.05) is 0 Å². The van der Waals surface area contributed by atoms with Crippen molar-refractivity contribution < 1.29 is 9.59 Å². The van der Waals surface area contributed by atoms with E-state index >= 15 is 0 Å². The van der Waals surface area contributed by atoms with Gasteiger partial charge in [-0.05, 0) is 74.4 Å². The van der Waals surface area contributed by atoms with Gasteiger partial charge < -0.3 is 10.6 Å². The van der Waals surface area contributed by atoms with Crippen molar-refractivity contribution in [2.45, 2.75) is 63.5 Å². The molecule has 2 aliphatic heterocycles. The Balaban J connectivity index is 1.36. The standard InChI is InChI=1S/C18H30N2O2S2/c21-17(13-5-9-23-10-6-13)19-15-1-2-16(4-3-15)20-18(22)14-7-11-24-12-8-14/h13-16H,1-12H2,(H,19,21)(H,20,22). The minimum Gasteiger partial charge on any atom is -0.353 e. The molecule has 0 atom stereocenters. The highest BCUT2D eigenvalue weighted by Crippen LogP contribution is 2.26. The van der Waals surface area contributed by atoms with Crippen molar-refractivity contribution in [3.05, 3.63) is 0 Å². The van der Waals surface area contributed by atoms with Gasteiger partial charge in [-0.2, -0.15) is 23.5 Å². The SMILES string of the molecule is O=C(NC1CCC(NC(=O)C2CCSCC2)CC1)C1CCSCC1. The molecule has 3 fully saturated rings. The molecule has 0 radical (unpaired) electrons. The van der Waals surface area contributed by atoms with E-state index in [1.54, 1.807) is 0 Å². The van der Waals surface area contributed by atoms with Crippen LogP contribution in [0.25, 0.3) is 0 Å². The van der Waals surface area contributed by atoms with Gasteiger partial charge in [-0.25, -0.2) is 0 Å². The third-order valence-corrected chi connectivity index (χ3v) is 7.70. The summed E-state index contributed by atoms with van der Waals surface area (Å²) in [5.41, 5.74) is 0. The molecule has 3 rings (SSSR count). The highest BCUT2D eigenvalue weighted by Gasteiger charge is 2.29. The number of hydrogen-bond acceptors (Lipinski definition) is 4. The first kappa shape index (κ1) is 18.4. The van der Waals surface area contributed by atoms with E-state index < -0.39 is 0 Å². The lowest BCUT2D eigenvalue weighted by Gasteiger charge is -2.32. The van der Waals surface area contributed by atoms with E-state index in [0.717, 1.165) is 74.4 Å². The molecule has 2 heterocycles. The summed E-state index contributed by atoms with van der Waals surface area (Å²) in [7, 11) is 0. The Kier molecular flexibility index (Phi) is 7.20. The summed E-state index contributed by atoms with van der Waals surface area (Å²) in [6.45, 7) is 0. The third kappa shape index (κ3) is 5.32. The molecule has 2 saturated heterocycles. The maximum absolute atomic E-state index is 12.3. The number of amides is 2. The quantitative estimate of drug-likeness (QED) is 0.799. The van der Waals surface area contributed by atoms with Crippen molar-refractivity contribution in [3.63, 3.8) is 0 Å². The minimum atomic E-state index is 0.229. The maximum atomic E-state index is 12.3. The number of nitrogens with one attached hydrogen (secondary N) is 2. The molecule has 136 valence electrons. The normalized spacial score (nSPS) is 29.8. The highest BCUT2D eigenvalue weighted by atomic mass is 32.2. The first-order chi connectivity index (χ1) is 11.7. The third-order valence-electron chi connectivity index (χ3n) is 5.60. The van der Waals surface area contributed by atoms with Crippen molar-refractivity contribution in [2.24, 2.45) is 11.8 Å². The van der Waals surface area contributed by atoms with Crippen LogP contribution in [0.1, 0.15) is 51.4 Å². The van der Waals surface area contributed by atoms with Crippen LogP contribution in [0.4, 0.5) is 0 Å². The smallest absolute Gasteiger partial charge is 0.223 e. The lowest BCUT2D eigenvalue weighted by molar-refractivity contribution is -0.127. The summed E-state index contributed by atoms with van der Waals surface area (Å²) in [4.78, 5) is 24.7. The fourth-order valence-electron chi connectivity index (χ4n) is 3.94. The highest BCUT2D eigenvalue weighted by molar-refractivity contribution is 7.99. The predicted molar refractivity (Wildman–Crippen MR) is 102 cm³/mol. The molecule has 2 N–H and O–H groups in total. The average molecular weight is 371 g/mol. The van der Waals surface area contributed by atoms with Crippen LogP contribution in [0.5, 0.6) is 0 Å². The van der Waals surface area contributed by atoms with Crippen molar-refractivity contribution in [1.29, 1.82) is 0 Å². The molecule has 2 amide bonds. The second-order valence-electron chi connectivity index (χ2n) is 7.34. The maximum Gasteiger partial charge on any atom is 0.223 e. The van der Waals surface area contributed by atoms with Crippen LogP contribution in [-0.2, 0) is 9.59 Å². The summed E-state index contributed by atoms with van der Waals surface area (Å²) in [6.07, 6.45) is 8.11. The van der Waals surface area contributed by atoms with E-state index in [4.69, 9.17) is 0 Å². The number of carbonyl (C=O) groups is 2. The van der Waals surface area contributed by atoms with Gasteiger partial charge in [-0.15, -0.1) is 0 Å². The Morgan fingerprint density at radius 1 is 0.583 bits per heavy atom. The Bertz CT molecular complexity index is 387. The largest absolute Gasteiger partial charge is 0.353 e. The first-order valence-electron chi connectivity index (χ1n) is 9.48. The zero-order valence-corrected chi connectivity index (χ0v) is 16.1. The second kappa shape index (κ2) is 9.37. The van der Waals surface area contributed by atoms with E-state index in [2.05, 4.69) is 10.6 Å². The molecule has 0 spiro atoms. The van der Waals surface area contributed by atoms with Crippen molar-refractivity contribution in [3.8, 4) is 0 Å². The predicted octanol–water partition coefficient (Wildman–Crippen LogP) is 2.82. The first-order valence-corrected chi connectivity index (χ1v) is 11.8. The summed E-state index contributed by atoms with van der Waals surface area (Å²) in [5, 5.41) is 6.52. The van der Waals surface area contributed by atoms with Crippen molar-refractivity contribution >= 4 is 35.3 Å². The molecule has 4 nitrogen and oxygen atoms in total. The molecule has 3 aliphatic rings. The molecule has 24 heavy (non-hydrogen) atoms. The van der Waals surface area contributed by atoms with Gasteiger partial charge >= 0.3 is 0 Å². The van der Waals surface area contributed by atoms with E-state index in [1.807, 2.05) is 23.5 Å². The van der Waals surface area contributed by atoms with Crippen LogP contribution in [0.15, 0.2) is 0 Å². The van der Waals surface area contributed by atoms with E-state index in [1.165, 1.54) is 0 Å². The van der Waals surface area contributed by atoms with Crippen molar-refractivity contribution in [2.75, 3.05) is 23.0 Å². The number of hydrogen-bond donors (Lipinski definition) is 2. The minimum absolute atomic E-state index is 0.229. The summed E-state index contributed by atoms with van der Waals surface area (Å²) < 4.78 is 0. The van der Waals surface area contributed by atoms with E-state index in [-0.39, 0.29) is 23.7 Å². The van der Waals surface area contributed by atoms with Crippen LogP contribution < -0.4 is 10.6 Å². The molecule has 0 bridgehead atoms. The van der Waals surface area contributed by atoms with Gasteiger partial charge in [0.05, 0.1) is 0 Å². The van der Waals surface area contributed by atoms with Gasteiger partial charge in [0.15, 0.2) is 0 Å². The summed E-state index contributed by atoms with van der Waals surface area (Å²) >= 11 is 3.92. The van der Waals surface area contributed by atoms with E-state index in [9.17, 15) is 9.59 Å². The van der Waals surface area contributed by atoms with Gasteiger partial charge in [0.2, 0.25) is 11.8 Å². The number of carbonyl (C=O) groups excluding carboxylic acids is 2. The molecule has 0 aromatic heterocycles. The van der Waals surface area contributed by atoms with Crippen LogP contribution in [0.3, 0.4) is 0 Å². The van der Waals surface area contributed by atoms with Crippen molar-refractivity contribution in [1.82, 2.24) is 10.6 Å². The van der Waals surface area contributed by atoms with Crippen LogP contribution in [-0.4, -0.2) is 46.9 Å². The molecular weight excluding hydrogens is 340 g/mol. The zero-order valence-electron chi connectivity index (χ0n) is 14.4. The molecule has 0 aromatic carbocycles. The zero-order chi connectivity index (χ0) is 16.8. The number of thioether (sulfide) groups is 2. The van der Waals surface area contributed by atoms with E-state index in [0.29, 0.717) is 12.1 Å².